The second kappa shape index (κ2) is 8.12. The molecular weight excluding hydrogens is 385 g/mol. The zero-order valence-electron chi connectivity index (χ0n) is 15.7. The molecule has 2 amide bonds. The minimum atomic E-state index is -4.46. The number of carbonyl (C=O) groups excluding carboxylic acids is 2. The van der Waals surface area contributed by atoms with Gasteiger partial charge in [-0.3, -0.25) is 14.6 Å². The number of alkyl halides is 3. The first-order chi connectivity index (χ1) is 13.7. The maximum absolute atomic E-state index is 13.2. The Morgan fingerprint density at radius 2 is 1.90 bits per heavy atom. The van der Waals surface area contributed by atoms with Crippen LogP contribution in [-0.4, -0.2) is 23.4 Å². The zero-order chi connectivity index (χ0) is 21.2. The van der Waals surface area contributed by atoms with Crippen LogP contribution in [0.2, 0.25) is 0 Å². The second-order valence-corrected chi connectivity index (χ2v) is 6.77. The second-order valence-electron chi connectivity index (χ2n) is 6.77. The lowest BCUT2D eigenvalue weighted by Gasteiger charge is -2.42. The molecule has 0 saturated carbocycles. The zero-order valence-corrected chi connectivity index (χ0v) is 15.7. The summed E-state index contributed by atoms with van der Waals surface area (Å²) in [5.41, 5.74) is 8.67. The smallest absolute Gasteiger partial charge is 0.368 e. The van der Waals surface area contributed by atoms with Crippen molar-refractivity contribution in [1.29, 1.82) is 0 Å². The van der Waals surface area contributed by atoms with E-state index in [4.69, 9.17) is 5.73 Å². The van der Waals surface area contributed by atoms with E-state index >= 15 is 0 Å². The van der Waals surface area contributed by atoms with Crippen LogP contribution in [0.15, 0.2) is 48.5 Å². The quantitative estimate of drug-likeness (QED) is 0.771. The van der Waals surface area contributed by atoms with Crippen molar-refractivity contribution >= 4 is 17.5 Å². The Morgan fingerprint density at radius 3 is 2.55 bits per heavy atom. The van der Waals surface area contributed by atoms with Gasteiger partial charge in [0.25, 0.3) is 5.91 Å². The summed E-state index contributed by atoms with van der Waals surface area (Å²) in [7, 11) is 0. The SMILES string of the molecule is CCCC(c1cccc(C(F)(F)F)c1)N1NN(CC(N)=O)C(=O)c2ccccc21. The van der Waals surface area contributed by atoms with Crippen molar-refractivity contribution in [2.75, 3.05) is 11.6 Å². The standard InChI is InChI=1S/C20H21F3N4O2/c1-2-6-16(13-7-5-8-14(11-13)20(21,22)23)27-17-10-4-3-9-15(17)19(29)26(25-27)12-18(24)28/h3-5,7-11,16,25H,2,6,12H2,1H3,(H2,24,28). The normalized spacial score (nSPS) is 15.2. The van der Waals surface area contributed by atoms with Crippen LogP contribution < -0.4 is 16.3 Å². The van der Waals surface area contributed by atoms with Gasteiger partial charge in [0.1, 0.15) is 6.54 Å². The fourth-order valence-corrected chi connectivity index (χ4v) is 3.38. The van der Waals surface area contributed by atoms with Gasteiger partial charge in [0, 0.05) is 0 Å². The Bertz CT molecular complexity index is 917. The van der Waals surface area contributed by atoms with E-state index in [2.05, 4.69) is 5.53 Å². The number of primary amides is 1. The highest BCUT2D eigenvalue weighted by atomic mass is 19.4. The van der Waals surface area contributed by atoms with Crippen molar-refractivity contribution in [2.45, 2.75) is 32.0 Å². The molecule has 0 aromatic heterocycles. The van der Waals surface area contributed by atoms with Gasteiger partial charge in [-0.1, -0.05) is 37.6 Å². The average molecular weight is 406 g/mol. The Hall–Kier alpha value is -3.07. The van der Waals surface area contributed by atoms with E-state index in [1.165, 1.54) is 6.07 Å². The summed E-state index contributed by atoms with van der Waals surface area (Å²) < 4.78 is 39.7. The molecule has 0 bridgehead atoms. The summed E-state index contributed by atoms with van der Waals surface area (Å²) in [5.74, 6) is -1.15. The van der Waals surface area contributed by atoms with Gasteiger partial charge in [-0.05, 0) is 36.2 Å². The van der Waals surface area contributed by atoms with Crippen LogP contribution in [0.25, 0.3) is 0 Å². The number of anilines is 1. The molecule has 2 aromatic carbocycles. The minimum Gasteiger partial charge on any atom is -0.368 e. The summed E-state index contributed by atoms with van der Waals surface area (Å²) in [4.78, 5) is 24.1. The number of carbonyl (C=O) groups is 2. The maximum atomic E-state index is 13.2. The highest BCUT2D eigenvalue weighted by molar-refractivity contribution is 6.02. The number of halogens is 3. The summed E-state index contributed by atoms with van der Waals surface area (Å²) >= 11 is 0. The number of fused-ring (bicyclic) bond motifs is 1. The Morgan fingerprint density at radius 1 is 1.17 bits per heavy atom. The lowest BCUT2D eigenvalue weighted by molar-refractivity contribution is -0.137. The van der Waals surface area contributed by atoms with E-state index in [0.717, 1.165) is 17.1 Å². The van der Waals surface area contributed by atoms with Gasteiger partial charge in [0.15, 0.2) is 0 Å². The van der Waals surface area contributed by atoms with Crippen molar-refractivity contribution in [1.82, 2.24) is 10.5 Å². The Labute approximate surface area is 166 Å². The largest absolute Gasteiger partial charge is 0.416 e. The Balaban J connectivity index is 2.07. The molecule has 0 saturated heterocycles. The first-order valence-electron chi connectivity index (χ1n) is 9.14. The highest BCUT2D eigenvalue weighted by Crippen LogP contribution is 2.37. The van der Waals surface area contributed by atoms with Crippen LogP contribution >= 0.6 is 0 Å². The molecular formula is C20H21F3N4O2. The molecule has 6 nitrogen and oxygen atoms in total. The number of hydrogen-bond acceptors (Lipinski definition) is 4. The molecule has 154 valence electrons. The fraction of sp³-hybridized carbons (Fsp3) is 0.300. The molecule has 29 heavy (non-hydrogen) atoms. The molecule has 0 spiro atoms. The van der Waals surface area contributed by atoms with Gasteiger partial charge in [-0.25, -0.2) is 5.01 Å². The number of benzene rings is 2. The van der Waals surface area contributed by atoms with E-state index in [1.807, 2.05) is 6.92 Å². The maximum Gasteiger partial charge on any atom is 0.416 e. The van der Waals surface area contributed by atoms with Crippen LogP contribution in [0, 0.1) is 0 Å². The fourth-order valence-electron chi connectivity index (χ4n) is 3.38. The van der Waals surface area contributed by atoms with Crippen molar-refractivity contribution < 1.29 is 22.8 Å². The summed E-state index contributed by atoms with van der Waals surface area (Å²) in [6.07, 6.45) is -3.26. The Kier molecular flexibility index (Phi) is 5.78. The van der Waals surface area contributed by atoms with E-state index in [1.54, 1.807) is 35.3 Å². The van der Waals surface area contributed by atoms with Gasteiger partial charge in [-0.15, -0.1) is 5.53 Å². The molecule has 1 heterocycles. The predicted molar refractivity (Wildman–Crippen MR) is 101 cm³/mol. The number of nitrogens with zero attached hydrogens (tertiary/aromatic N) is 2. The van der Waals surface area contributed by atoms with E-state index in [-0.39, 0.29) is 6.54 Å². The van der Waals surface area contributed by atoms with Crippen LogP contribution in [0.4, 0.5) is 18.9 Å². The number of hydrazine groups is 2. The molecule has 1 aliphatic heterocycles. The van der Waals surface area contributed by atoms with Gasteiger partial charge in [-0.2, -0.15) is 13.2 Å². The molecule has 1 atom stereocenters. The van der Waals surface area contributed by atoms with E-state index in [9.17, 15) is 22.8 Å². The first kappa shape index (κ1) is 20.7. The molecule has 1 unspecified atom stereocenters. The van der Waals surface area contributed by atoms with Crippen molar-refractivity contribution in [3.05, 3.63) is 65.2 Å². The third-order valence-corrected chi connectivity index (χ3v) is 4.65. The third-order valence-electron chi connectivity index (χ3n) is 4.65. The number of para-hydroxylation sites is 1. The number of nitrogens with one attached hydrogen (secondary N) is 1. The molecule has 0 fully saturated rings. The topological polar surface area (TPSA) is 78.7 Å². The van der Waals surface area contributed by atoms with Crippen molar-refractivity contribution in [2.24, 2.45) is 5.73 Å². The number of amides is 2. The number of nitrogens with two attached hydrogens (primary N) is 1. The molecule has 9 heteroatoms. The van der Waals surface area contributed by atoms with Gasteiger partial charge < -0.3 is 5.73 Å². The van der Waals surface area contributed by atoms with Crippen molar-refractivity contribution in [3.63, 3.8) is 0 Å². The van der Waals surface area contributed by atoms with Crippen LogP contribution in [0.3, 0.4) is 0 Å². The van der Waals surface area contributed by atoms with Gasteiger partial charge >= 0.3 is 6.18 Å². The molecule has 1 aliphatic rings. The first-order valence-corrected chi connectivity index (χ1v) is 9.14. The summed E-state index contributed by atoms with van der Waals surface area (Å²) in [6.45, 7) is 1.55. The van der Waals surface area contributed by atoms with Gasteiger partial charge in [0.05, 0.1) is 22.9 Å². The van der Waals surface area contributed by atoms with E-state index < -0.39 is 29.6 Å². The molecule has 0 radical (unpaired) electrons. The lowest BCUT2D eigenvalue weighted by Crippen LogP contribution is -2.59. The molecule has 0 aliphatic carbocycles. The number of rotatable bonds is 6. The van der Waals surface area contributed by atoms with Crippen LogP contribution in [0.5, 0.6) is 0 Å². The summed E-state index contributed by atoms with van der Waals surface area (Å²) in [6, 6.07) is 11.3. The predicted octanol–water partition coefficient (Wildman–Crippen LogP) is 3.41. The molecule has 3 N–H and O–H groups in total. The molecule has 2 aromatic rings. The third kappa shape index (κ3) is 4.34. The minimum absolute atomic E-state index is 0.334. The number of hydrogen-bond donors (Lipinski definition) is 2. The van der Waals surface area contributed by atoms with Crippen molar-refractivity contribution in [3.8, 4) is 0 Å². The monoisotopic (exact) mass is 406 g/mol. The average Bonchev–Trinajstić information content (AvgIpc) is 2.68. The molecule has 3 rings (SSSR count). The van der Waals surface area contributed by atoms with Gasteiger partial charge in [0.2, 0.25) is 5.91 Å². The highest BCUT2D eigenvalue weighted by Gasteiger charge is 2.35. The van der Waals surface area contributed by atoms with E-state index in [0.29, 0.717) is 29.7 Å². The lowest BCUT2D eigenvalue weighted by atomic mass is 9.98. The van der Waals surface area contributed by atoms with Crippen LogP contribution in [-0.2, 0) is 11.0 Å². The summed E-state index contributed by atoms with van der Waals surface area (Å²) in [5, 5.41) is 2.69. The van der Waals surface area contributed by atoms with Crippen LogP contribution in [0.1, 0.15) is 47.3 Å².